The van der Waals surface area contributed by atoms with Gasteiger partial charge in [-0.05, 0) is 36.6 Å². The number of halogens is 1. The molecule has 15 heavy (non-hydrogen) atoms. The van der Waals surface area contributed by atoms with Crippen LogP contribution in [0, 0.1) is 5.82 Å². The molecule has 1 heterocycles. The van der Waals surface area contributed by atoms with Crippen molar-refractivity contribution in [2.75, 3.05) is 20.2 Å². The molecule has 0 aromatic heterocycles. The SMILES string of the molecule is COc1cc(C2CCNC2)cc(F)c1O. The molecule has 1 unspecified atom stereocenters. The largest absolute Gasteiger partial charge is 0.502 e. The second-order valence-electron chi connectivity index (χ2n) is 3.74. The van der Waals surface area contributed by atoms with Crippen molar-refractivity contribution in [1.82, 2.24) is 5.32 Å². The highest BCUT2D eigenvalue weighted by Crippen LogP contribution is 2.34. The lowest BCUT2D eigenvalue weighted by molar-refractivity contribution is 0.356. The summed E-state index contributed by atoms with van der Waals surface area (Å²) in [7, 11) is 1.42. The fraction of sp³-hybridized carbons (Fsp3) is 0.455. The lowest BCUT2D eigenvalue weighted by atomic mass is 9.98. The van der Waals surface area contributed by atoms with Gasteiger partial charge in [0.15, 0.2) is 17.3 Å². The van der Waals surface area contributed by atoms with Crippen molar-refractivity contribution in [1.29, 1.82) is 0 Å². The Morgan fingerprint density at radius 3 is 2.93 bits per heavy atom. The first kappa shape index (κ1) is 10.2. The summed E-state index contributed by atoms with van der Waals surface area (Å²) in [6.45, 7) is 1.81. The molecule has 2 rings (SSSR count). The molecule has 0 aliphatic carbocycles. The molecule has 1 aliphatic rings. The minimum atomic E-state index is -0.615. The van der Waals surface area contributed by atoms with E-state index in [2.05, 4.69) is 5.32 Å². The maximum Gasteiger partial charge on any atom is 0.194 e. The van der Waals surface area contributed by atoms with Crippen molar-refractivity contribution in [2.24, 2.45) is 0 Å². The summed E-state index contributed by atoms with van der Waals surface area (Å²) < 4.78 is 18.2. The van der Waals surface area contributed by atoms with E-state index in [-0.39, 0.29) is 5.75 Å². The minimum Gasteiger partial charge on any atom is -0.502 e. The highest BCUT2D eigenvalue weighted by molar-refractivity contribution is 5.44. The van der Waals surface area contributed by atoms with Gasteiger partial charge in [-0.2, -0.15) is 0 Å². The first-order chi connectivity index (χ1) is 7.22. The molecule has 0 saturated carbocycles. The first-order valence-electron chi connectivity index (χ1n) is 4.99. The summed E-state index contributed by atoms with van der Waals surface area (Å²) in [5, 5.41) is 12.6. The zero-order chi connectivity index (χ0) is 10.8. The van der Waals surface area contributed by atoms with Gasteiger partial charge in [0.1, 0.15) is 0 Å². The fourth-order valence-corrected chi connectivity index (χ4v) is 1.92. The lowest BCUT2D eigenvalue weighted by Crippen LogP contribution is -2.08. The summed E-state index contributed by atoms with van der Waals surface area (Å²) in [4.78, 5) is 0. The van der Waals surface area contributed by atoms with Crippen LogP contribution in [0.4, 0.5) is 4.39 Å². The highest BCUT2D eigenvalue weighted by atomic mass is 19.1. The maximum absolute atomic E-state index is 13.3. The molecule has 1 saturated heterocycles. The molecule has 0 spiro atoms. The predicted molar refractivity (Wildman–Crippen MR) is 54.8 cm³/mol. The summed E-state index contributed by atoms with van der Waals surface area (Å²) in [6, 6.07) is 3.09. The Balaban J connectivity index is 2.35. The van der Waals surface area contributed by atoms with E-state index in [4.69, 9.17) is 4.74 Å². The average molecular weight is 211 g/mol. The van der Waals surface area contributed by atoms with Gasteiger partial charge >= 0.3 is 0 Å². The van der Waals surface area contributed by atoms with Crippen molar-refractivity contribution >= 4 is 0 Å². The van der Waals surface area contributed by atoms with E-state index >= 15 is 0 Å². The topological polar surface area (TPSA) is 41.5 Å². The van der Waals surface area contributed by atoms with Gasteiger partial charge in [0, 0.05) is 6.54 Å². The second kappa shape index (κ2) is 4.06. The van der Waals surface area contributed by atoms with Crippen LogP contribution in [-0.4, -0.2) is 25.3 Å². The number of benzene rings is 1. The van der Waals surface area contributed by atoms with Crippen molar-refractivity contribution in [2.45, 2.75) is 12.3 Å². The number of ether oxygens (including phenoxy) is 1. The van der Waals surface area contributed by atoms with Gasteiger partial charge in [-0.25, -0.2) is 4.39 Å². The molecule has 1 aliphatic heterocycles. The summed E-state index contributed by atoms with van der Waals surface area (Å²) in [5.41, 5.74) is 0.882. The third-order valence-electron chi connectivity index (χ3n) is 2.80. The van der Waals surface area contributed by atoms with Gasteiger partial charge in [-0.15, -0.1) is 0 Å². The Hall–Kier alpha value is -1.29. The number of aromatic hydroxyl groups is 1. The normalized spacial score (nSPS) is 20.5. The maximum atomic E-state index is 13.3. The van der Waals surface area contributed by atoms with E-state index in [1.807, 2.05) is 0 Å². The summed E-state index contributed by atoms with van der Waals surface area (Å²) >= 11 is 0. The van der Waals surface area contributed by atoms with Gasteiger partial charge in [-0.1, -0.05) is 0 Å². The third kappa shape index (κ3) is 1.90. The number of rotatable bonds is 2. The van der Waals surface area contributed by atoms with Crippen LogP contribution in [0.5, 0.6) is 11.5 Å². The smallest absolute Gasteiger partial charge is 0.194 e. The van der Waals surface area contributed by atoms with Crippen molar-refractivity contribution in [3.8, 4) is 11.5 Å². The predicted octanol–water partition coefficient (Wildman–Crippen LogP) is 1.62. The molecule has 1 aromatic carbocycles. The molecule has 3 nitrogen and oxygen atoms in total. The zero-order valence-corrected chi connectivity index (χ0v) is 8.59. The van der Waals surface area contributed by atoms with Crippen molar-refractivity contribution < 1.29 is 14.2 Å². The first-order valence-corrected chi connectivity index (χ1v) is 4.99. The Morgan fingerprint density at radius 2 is 2.33 bits per heavy atom. The Morgan fingerprint density at radius 1 is 1.53 bits per heavy atom. The van der Waals surface area contributed by atoms with Crippen LogP contribution in [0.15, 0.2) is 12.1 Å². The van der Waals surface area contributed by atoms with Gasteiger partial charge in [-0.3, -0.25) is 0 Å². The third-order valence-corrected chi connectivity index (χ3v) is 2.80. The summed E-state index contributed by atoms with van der Waals surface area (Å²) in [6.07, 6.45) is 0.993. The number of hydrogen-bond acceptors (Lipinski definition) is 3. The zero-order valence-electron chi connectivity index (χ0n) is 8.59. The minimum absolute atomic E-state index is 0.205. The number of phenolic OH excluding ortho intramolecular Hbond substituents is 1. The molecule has 0 amide bonds. The Bertz CT molecular complexity index is 362. The number of phenols is 1. The Kier molecular flexibility index (Phi) is 2.77. The van der Waals surface area contributed by atoms with E-state index in [1.54, 1.807) is 6.07 Å². The molecular weight excluding hydrogens is 197 g/mol. The van der Waals surface area contributed by atoms with E-state index in [1.165, 1.54) is 13.2 Å². The van der Waals surface area contributed by atoms with Crippen LogP contribution in [0.3, 0.4) is 0 Å². The van der Waals surface area contributed by atoms with E-state index in [9.17, 15) is 9.50 Å². The van der Waals surface area contributed by atoms with Crippen LogP contribution < -0.4 is 10.1 Å². The average Bonchev–Trinajstić information content (AvgIpc) is 2.75. The number of nitrogens with one attached hydrogen (secondary N) is 1. The van der Waals surface area contributed by atoms with Crippen LogP contribution in [-0.2, 0) is 0 Å². The van der Waals surface area contributed by atoms with Gasteiger partial charge in [0.25, 0.3) is 0 Å². The van der Waals surface area contributed by atoms with Crippen LogP contribution >= 0.6 is 0 Å². The molecule has 0 radical (unpaired) electrons. The molecule has 2 N–H and O–H groups in total. The molecule has 4 heteroatoms. The van der Waals surface area contributed by atoms with Crippen molar-refractivity contribution in [3.05, 3.63) is 23.5 Å². The summed E-state index contributed by atoms with van der Waals surface area (Å²) in [5.74, 6) is -0.505. The molecular formula is C11H14FNO2. The van der Waals surface area contributed by atoms with Crippen LogP contribution in [0.2, 0.25) is 0 Å². The van der Waals surface area contributed by atoms with Gasteiger partial charge in [0.2, 0.25) is 0 Å². The lowest BCUT2D eigenvalue weighted by Gasteiger charge is -2.12. The van der Waals surface area contributed by atoms with Crippen LogP contribution in [0.25, 0.3) is 0 Å². The highest BCUT2D eigenvalue weighted by Gasteiger charge is 2.20. The second-order valence-corrected chi connectivity index (χ2v) is 3.74. The standard InChI is InChI=1S/C11H14FNO2/c1-15-10-5-8(4-9(12)11(10)14)7-2-3-13-6-7/h4-5,7,13-14H,2-3,6H2,1H3. The number of hydrogen-bond donors (Lipinski definition) is 2. The Labute approximate surface area is 87.9 Å². The monoisotopic (exact) mass is 211 g/mol. The molecule has 82 valence electrons. The van der Waals surface area contributed by atoms with Crippen molar-refractivity contribution in [3.63, 3.8) is 0 Å². The van der Waals surface area contributed by atoms with E-state index in [0.29, 0.717) is 5.92 Å². The quantitative estimate of drug-likeness (QED) is 0.781. The fourth-order valence-electron chi connectivity index (χ4n) is 1.92. The molecule has 1 atom stereocenters. The van der Waals surface area contributed by atoms with E-state index in [0.717, 1.165) is 25.1 Å². The number of methoxy groups -OCH3 is 1. The molecule has 0 bridgehead atoms. The molecule has 1 fully saturated rings. The van der Waals surface area contributed by atoms with E-state index < -0.39 is 11.6 Å². The van der Waals surface area contributed by atoms with Gasteiger partial charge < -0.3 is 15.2 Å². The van der Waals surface area contributed by atoms with Crippen LogP contribution in [0.1, 0.15) is 17.9 Å². The van der Waals surface area contributed by atoms with Gasteiger partial charge in [0.05, 0.1) is 7.11 Å². The molecule has 1 aromatic rings.